The van der Waals surface area contributed by atoms with Crippen LogP contribution in [0, 0.1) is 13.8 Å². The summed E-state index contributed by atoms with van der Waals surface area (Å²) in [6.07, 6.45) is 0.359. The summed E-state index contributed by atoms with van der Waals surface area (Å²) in [6.45, 7) is 6.02. The highest BCUT2D eigenvalue weighted by Crippen LogP contribution is 2.16. The molecule has 0 aliphatic heterocycles. The first-order chi connectivity index (χ1) is 11.0. The molecule has 0 aliphatic carbocycles. The van der Waals surface area contributed by atoms with Gasteiger partial charge in [-0.3, -0.25) is 9.59 Å². The summed E-state index contributed by atoms with van der Waals surface area (Å²) in [6, 6.07) is 13.3. The van der Waals surface area contributed by atoms with Crippen molar-refractivity contribution in [1.82, 2.24) is 0 Å². The number of hydrogen-bond acceptors (Lipinski definition) is 3. The van der Waals surface area contributed by atoms with Crippen LogP contribution in [0.1, 0.15) is 34.8 Å². The summed E-state index contributed by atoms with van der Waals surface area (Å²) >= 11 is 0. The number of amides is 1. The normalized spacial score (nSPS) is 10.2. The summed E-state index contributed by atoms with van der Waals surface area (Å²) in [4.78, 5) is 23.4. The molecule has 0 fully saturated rings. The van der Waals surface area contributed by atoms with Crippen molar-refractivity contribution in [3.8, 4) is 0 Å². The molecular weight excluding hydrogens is 288 g/mol. The van der Waals surface area contributed by atoms with Gasteiger partial charge in [0.15, 0.2) is 5.78 Å². The van der Waals surface area contributed by atoms with E-state index in [0.29, 0.717) is 18.5 Å². The Balaban J connectivity index is 1.86. The smallest absolute Gasteiger partial charge is 0.226 e. The van der Waals surface area contributed by atoms with Crippen molar-refractivity contribution in [3.05, 3.63) is 59.2 Å². The lowest BCUT2D eigenvalue weighted by molar-refractivity contribution is -0.115. The first-order valence-electron chi connectivity index (χ1n) is 7.67. The molecule has 0 radical (unpaired) electrons. The first kappa shape index (κ1) is 16.7. The van der Waals surface area contributed by atoms with Crippen LogP contribution in [0.3, 0.4) is 0 Å². The maximum atomic E-state index is 12.0. The van der Waals surface area contributed by atoms with E-state index in [4.69, 9.17) is 0 Å². The number of anilines is 2. The van der Waals surface area contributed by atoms with Crippen molar-refractivity contribution < 1.29 is 9.59 Å². The molecule has 0 spiro atoms. The summed E-state index contributed by atoms with van der Waals surface area (Å²) in [5.74, 6) is -0.00441. The van der Waals surface area contributed by atoms with Gasteiger partial charge >= 0.3 is 0 Å². The van der Waals surface area contributed by atoms with Gasteiger partial charge < -0.3 is 10.6 Å². The molecule has 0 saturated carbocycles. The SMILES string of the molecule is CC(=O)c1cccc(NCCC(=O)Nc2cc(C)ccc2C)c1. The maximum Gasteiger partial charge on any atom is 0.226 e. The van der Waals surface area contributed by atoms with Crippen LogP contribution in [-0.4, -0.2) is 18.2 Å². The number of carbonyl (C=O) groups excluding carboxylic acids is 2. The van der Waals surface area contributed by atoms with Crippen LogP contribution < -0.4 is 10.6 Å². The monoisotopic (exact) mass is 310 g/mol. The third-order valence-electron chi connectivity index (χ3n) is 3.62. The Hall–Kier alpha value is -2.62. The van der Waals surface area contributed by atoms with Gasteiger partial charge in [-0.1, -0.05) is 24.3 Å². The van der Waals surface area contributed by atoms with Crippen molar-refractivity contribution in [2.45, 2.75) is 27.2 Å². The molecule has 0 aromatic heterocycles. The fourth-order valence-corrected chi connectivity index (χ4v) is 2.25. The second kappa shape index (κ2) is 7.58. The molecule has 0 heterocycles. The predicted octanol–water partition coefficient (Wildman–Crippen LogP) is 3.95. The van der Waals surface area contributed by atoms with Crippen LogP contribution in [-0.2, 0) is 4.79 Å². The minimum absolute atomic E-state index is 0.0290. The average Bonchev–Trinajstić information content (AvgIpc) is 2.51. The molecule has 0 saturated heterocycles. The zero-order valence-corrected chi connectivity index (χ0v) is 13.8. The molecule has 0 aliphatic rings. The quantitative estimate of drug-likeness (QED) is 0.794. The Kier molecular flexibility index (Phi) is 5.52. The summed E-state index contributed by atoms with van der Waals surface area (Å²) in [7, 11) is 0. The third-order valence-corrected chi connectivity index (χ3v) is 3.62. The highest BCUT2D eigenvalue weighted by Gasteiger charge is 2.05. The van der Waals surface area contributed by atoms with E-state index in [1.807, 2.05) is 44.2 Å². The van der Waals surface area contributed by atoms with Crippen molar-refractivity contribution >= 4 is 23.1 Å². The van der Waals surface area contributed by atoms with E-state index < -0.39 is 0 Å². The molecule has 2 rings (SSSR count). The molecule has 1 amide bonds. The van der Waals surface area contributed by atoms with Gasteiger partial charge in [0.2, 0.25) is 5.91 Å². The van der Waals surface area contributed by atoms with Crippen LogP contribution in [0.15, 0.2) is 42.5 Å². The van der Waals surface area contributed by atoms with E-state index in [9.17, 15) is 9.59 Å². The van der Waals surface area contributed by atoms with Crippen molar-refractivity contribution in [1.29, 1.82) is 0 Å². The lowest BCUT2D eigenvalue weighted by Crippen LogP contribution is -2.17. The van der Waals surface area contributed by atoms with Crippen molar-refractivity contribution in [3.63, 3.8) is 0 Å². The number of rotatable bonds is 6. The Morgan fingerprint density at radius 1 is 1.04 bits per heavy atom. The van der Waals surface area contributed by atoms with E-state index in [2.05, 4.69) is 10.6 Å². The standard InChI is InChI=1S/C19H22N2O2/c1-13-7-8-14(2)18(11-13)21-19(23)9-10-20-17-6-4-5-16(12-17)15(3)22/h4-8,11-12,20H,9-10H2,1-3H3,(H,21,23). The number of benzene rings is 2. The Morgan fingerprint density at radius 3 is 2.57 bits per heavy atom. The third kappa shape index (κ3) is 4.95. The fourth-order valence-electron chi connectivity index (χ4n) is 2.25. The van der Waals surface area contributed by atoms with Gasteiger partial charge in [-0.2, -0.15) is 0 Å². The molecule has 2 aromatic rings. The number of nitrogens with one attached hydrogen (secondary N) is 2. The number of carbonyl (C=O) groups is 2. The second-order valence-electron chi connectivity index (χ2n) is 5.68. The van der Waals surface area contributed by atoms with Gasteiger partial charge in [0, 0.05) is 29.9 Å². The summed E-state index contributed by atoms with van der Waals surface area (Å²) in [5, 5.41) is 6.10. The highest BCUT2D eigenvalue weighted by atomic mass is 16.1. The van der Waals surface area contributed by atoms with Gasteiger partial charge in [0.1, 0.15) is 0 Å². The Bertz CT molecular complexity index is 723. The topological polar surface area (TPSA) is 58.2 Å². The zero-order valence-electron chi connectivity index (χ0n) is 13.8. The van der Waals surface area contributed by atoms with Crippen LogP contribution >= 0.6 is 0 Å². The highest BCUT2D eigenvalue weighted by molar-refractivity contribution is 5.95. The zero-order chi connectivity index (χ0) is 16.8. The lowest BCUT2D eigenvalue weighted by atomic mass is 10.1. The molecule has 120 valence electrons. The molecule has 23 heavy (non-hydrogen) atoms. The molecule has 4 nitrogen and oxygen atoms in total. The average molecular weight is 310 g/mol. The number of Topliss-reactive ketones (excluding diaryl/α,β-unsaturated/α-hetero) is 1. The van der Waals surface area contributed by atoms with E-state index in [0.717, 1.165) is 22.5 Å². The number of hydrogen-bond donors (Lipinski definition) is 2. The summed E-state index contributed by atoms with van der Waals surface area (Å²) < 4.78 is 0. The van der Waals surface area contributed by atoms with E-state index in [1.54, 1.807) is 12.1 Å². The first-order valence-corrected chi connectivity index (χ1v) is 7.67. The fraction of sp³-hybridized carbons (Fsp3) is 0.263. The minimum Gasteiger partial charge on any atom is -0.385 e. The predicted molar refractivity (Wildman–Crippen MR) is 94.1 cm³/mol. The largest absolute Gasteiger partial charge is 0.385 e. The van der Waals surface area contributed by atoms with Crippen LogP contribution in [0.2, 0.25) is 0 Å². The molecule has 0 bridgehead atoms. The molecule has 4 heteroatoms. The van der Waals surface area contributed by atoms with Gasteiger partial charge in [0.05, 0.1) is 0 Å². The van der Waals surface area contributed by atoms with Gasteiger partial charge in [-0.15, -0.1) is 0 Å². The van der Waals surface area contributed by atoms with Gasteiger partial charge in [-0.25, -0.2) is 0 Å². The molecule has 2 N–H and O–H groups in total. The molecule has 2 aromatic carbocycles. The van der Waals surface area contributed by atoms with Crippen molar-refractivity contribution in [2.75, 3.05) is 17.2 Å². The Labute approximate surface area is 136 Å². The number of ketones is 1. The van der Waals surface area contributed by atoms with Gasteiger partial charge in [-0.05, 0) is 50.1 Å². The van der Waals surface area contributed by atoms with Crippen LogP contribution in [0.4, 0.5) is 11.4 Å². The van der Waals surface area contributed by atoms with Crippen molar-refractivity contribution in [2.24, 2.45) is 0 Å². The maximum absolute atomic E-state index is 12.0. The molecule has 0 atom stereocenters. The Morgan fingerprint density at radius 2 is 1.83 bits per heavy atom. The minimum atomic E-state index is -0.0334. The second-order valence-corrected chi connectivity index (χ2v) is 5.68. The summed E-state index contributed by atoms with van der Waals surface area (Å²) in [5.41, 5.74) is 4.52. The van der Waals surface area contributed by atoms with E-state index >= 15 is 0 Å². The lowest BCUT2D eigenvalue weighted by Gasteiger charge is -2.10. The van der Waals surface area contributed by atoms with Gasteiger partial charge in [0.25, 0.3) is 0 Å². The molecule has 0 unspecified atom stereocenters. The number of aryl methyl sites for hydroxylation is 2. The van der Waals surface area contributed by atoms with Crippen LogP contribution in [0.25, 0.3) is 0 Å². The van der Waals surface area contributed by atoms with E-state index in [1.165, 1.54) is 6.92 Å². The van der Waals surface area contributed by atoms with E-state index in [-0.39, 0.29) is 11.7 Å². The van der Waals surface area contributed by atoms with Crippen LogP contribution in [0.5, 0.6) is 0 Å². The molecular formula is C19H22N2O2.